The molecule has 0 bridgehead atoms. The van der Waals surface area contributed by atoms with Gasteiger partial charge in [-0.25, -0.2) is 0 Å². The van der Waals surface area contributed by atoms with Gasteiger partial charge in [0, 0.05) is 34.2 Å². The van der Waals surface area contributed by atoms with Crippen LogP contribution in [0.2, 0.25) is 0 Å². The number of benzene rings is 2. The molecule has 0 aliphatic heterocycles. The summed E-state index contributed by atoms with van der Waals surface area (Å²) in [6.07, 6.45) is 6.56. The molecule has 2 heterocycles. The lowest BCUT2D eigenvalue weighted by Crippen LogP contribution is -1.79. The first-order valence-electron chi connectivity index (χ1n) is 9.69. The molecular weight excluding hydrogens is 316 g/mol. The van der Waals surface area contributed by atoms with E-state index in [2.05, 4.69) is 80.3 Å². The van der Waals surface area contributed by atoms with Crippen LogP contribution >= 0.6 is 0 Å². The van der Waals surface area contributed by atoms with Crippen molar-refractivity contribution in [3.8, 4) is 0 Å². The van der Waals surface area contributed by atoms with E-state index in [1.807, 2.05) is 20.0 Å². The molecule has 0 atom stereocenters. The summed E-state index contributed by atoms with van der Waals surface area (Å²) in [5.74, 6) is 0. The lowest BCUT2D eigenvalue weighted by Gasteiger charge is -1.96. The van der Waals surface area contributed by atoms with Crippen LogP contribution in [0.25, 0.3) is 21.8 Å². The maximum atomic E-state index is 3.30. The summed E-state index contributed by atoms with van der Waals surface area (Å²) in [5.41, 5.74) is 7.91. The van der Waals surface area contributed by atoms with E-state index in [0.29, 0.717) is 0 Å². The van der Waals surface area contributed by atoms with Gasteiger partial charge in [0.1, 0.15) is 0 Å². The van der Waals surface area contributed by atoms with E-state index in [1.54, 1.807) is 0 Å². The Kier molecular flexibility index (Phi) is 7.08. The third-order valence-corrected chi connectivity index (χ3v) is 4.49. The summed E-state index contributed by atoms with van der Waals surface area (Å²) in [6.45, 7) is 12.6. The van der Waals surface area contributed by atoms with Gasteiger partial charge in [-0.05, 0) is 62.6 Å². The normalized spacial score (nSPS) is 10.2. The van der Waals surface area contributed by atoms with Crippen molar-refractivity contribution in [3.63, 3.8) is 0 Å². The van der Waals surface area contributed by atoms with Crippen LogP contribution in [-0.2, 0) is 6.42 Å². The van der Waals surface area contributed by atoms with E-state index in [4.69, 9.17) is 0 Å². The van der Waals surface area contributed by atoms with E-state index < -0.39 is 0 Å². The van der Waals surface area contributed by atoms with Gasteiger partial charge in [0.2, 0.25) is 0 Å². The minimum atomic E-state index is 1.17. The second-order valence-electron chi connectivity index (χ2n) is 6.63. The zero-order chi connectivity index (χ0) is 19.1. The summed E-state index contributed by atoms with van der Waals surface area (Å²) in [7, 11) is 0. The van der Waals surface area contributed by atoms with E-state index in [1.165, 1.54) is 56.9 Å². The number of aromatic nitrogens is 2. The first-order chi connectivity index (χ1) is 12.6. The zero-order valence-corrected chi connectivity index (χ0v) is 17.0. The molecule has 2 N–H and O–H groups in total. The van der Waals surface area contributed by atoms with Crippen molar-refractivity contribution in [2.45, 2.75) is 54.4 Å². The SMILES string of the molecule is CC.CCCc1c[nH]c2ccc(C)cc12.Cc1ccc2[nH]cc(C)c2c1. The monoisotopic (exact) mass is 348 g/mol. The highest BCUT2D eigenvalue weighted by Crippen LogP contribution is 2.20. The molecule has 0 aliphatic rings. The largest absolute Gasteiger partial charge is 0.361 e. The zero-order valence-electron chi connectivity index (χ0n) is 17.0. The first kappa shape index (κ1) is 19.8. The highest BCUT2D eigenvalue weighted by molar-refractivity contribution is 5.84. The lowest BCUT2D eigenvalue weighted by molar-refractivity contribution is 0.929. The van der Waals surface area contributed by atoms with Crippen molar-refractivity contribution in [2.75, 3.05) is 0 Å². The van der Waals surface area contributed by atoms with Gasteiger partial charge in [-0.2, -0.15) is 0 Å². The number of rotatable bonds is 2. The van der Waals surface area contributed by atoms with Crippen LogP contribution in [-0.4, -0.2) is 9.97 Å². The maximum absolute atomic E-state index is 3.30. The summed E-state index contributed by atoms with van der Waals surface area (Å²) in [5, 5.41) is 2.73. The smallest absolute Gasteiger partial charge is 0.0456 e. The van der Waals surface area contributed by atoms with Gasteiger partial charge in [-0.3, -0.25) is 0 Å². The Balaban J connectivity index is 0.000000173. The van der Waals surface area contributed by atoms with Crippen LogP contribution in [0.4, 0.5) is 0 Å². The van der Waals surface area contributed by atoms with Gasteiger partial charge in [-0.15, -0.1) is 0 Å². The first-order valence-corrected chi connectivity index (χ1v) is 9.69. The van der Waals surface area contributed by atoms with E-state index in [-0.39, 0.29) is 0 Å². The van der Waals surface area contributed by atoms with Gasteiger partial charge in [0.25, 0.3) is 0 Å². The summed E-state index contributed by atoms with van der Waals surface area (Å²) < 4.78 is 0. The topological polar surface area (TPSA) is 31.6 Å². The molecule has 138 valence electrons. The molecule has 4 aromatic rings. The van der Waals surface area contributed by atoms with E-state index in [0.717, 1.165) is 0 Å². The summed E-state index contributed by atoms with van der Waals surface area (Å²) in [6, 6.07) is 13.0. The Morgan fingerprint density at radius 1 is 0.731 bits per heavy atom. The molecule has 0 saturated heterocycles. The molecule has 2 nitrogen and oxygen atoms in total. The molecule has 2 heteroatoms. The van der Waals surface area contributed by atoms with Gasteiger partial charge < -0.3 is 9.97 Å². The second kappa shape index (κ2) is 9.28. The third-order valence-electron chi connectivity index (χ3n) is 4.49. The van der Waals surface area contributed by atoms with Crippen molar-refractivity contribution in [2.24, 2.45) is 0 Å². The van der Waals surface area contributed by atoms with Crippen molar-refractivity contribution in [1.82, 2.24) is 9.97 Å². The highest BCUT2D eigenvalue weighted by Gasteiger charge is 2.01. The Labute approximate surface area is 157 Å². The average molecular weight is 349 g/mol. The van der Waals surface area contributed by atoms with Crippen LogP contribution in [0.5, 0.6) is 0 Å². The number of H-pyrrole nitrogens is 2. The number of aromatic amines is 2. The van der Waals surface area contributed by atoms with Crippen molar-refractivity contribution in [1.29, 1.82) is 0 Å². The predicted octanol–water partition coefficient (Wildman–Crippen LogP) is 7.24. The Bertz CT molecular complexity index is 957. The lowest BCUT2D eigenvalue weighted by atomic mass is 10.1. The Morgan fingerprint density at radius 2 is 1.27 bits per heavy atom. The van der Waals surface area contributed by atoms with Crippen molar-refractivity contribution < 1.29 is 0 Å². The molecule has 0 aliphatic carbocycles. The van der Waals surface area contributed by atoms with Gasteiger partial charge in [0.05, 0.1) is 0 Å². The molecule has 2 aromatic heterocycles. The number of hydrogen-bond acceptors (Lipinski definition) is 0. The number of fused-ring (bicyclic) bond motifs is 2. The quantitative estimate of drug-likeness (QED) is 0.382. The molecule has 0 fully saturated rings. The molecule has 0 radical (unpaired) electrons. The molecule has 0 amide bonds. The Hall–Kier alpha value is -2.48. The summed E-state index contributed by atoms with van der Waals surface area (Å²) >= 11 is 0. The average Bonchev–Trinajstić information content (AvgIpc) is 3.22. The van der Waals surface area contributed by atoms with Crippen LogP contribution in [0.3, 0.4) is 0 Å². The molecule has 0 unspecified atom stereocenters. The van der Waals surface area contributed by atoms with Crippen LogP contribution in [0, 0.1) is 20.8 Å². The molecular formula is C24H32N2. The van der Waals surface area contributed by atoms with Crippen molar-refractivity contribution in [3.05, 3.63) is 71.0 Å². The van der Waals surface area contributed by atoms with Crippen LogP contribution in [0.15, 0.2) is 48.8 Å². The third kappa shape index (κ3) is 4.57. The van der Waals surface area contributed by atoms with Gasteiger partial charge in [-0.1, -0.05) is 50.5 Å². The standard InChI is InChI=1S/C12H15N.C10H11N.C2H6/c1-3-4-10-8-13-12-6-5-9(2)7-11(10)12;1-7-3-4-10-9(5-7)8(2)6-11-10;1-2/h5-8,13H,3-4H2,1-2H3;3-6,11H,1-2H3;1-2H3. The fourth-order valence-corrected chi connectivity index (χ4v) is 3.14. The summed E-state index contributed by atoms with van der Waals surface area (Å²) in [4.78, 5) is 6.52. The number of hydrogen-bond donors (Lipinski definition) is 2. The molecule has 26 heavy (non-hydrogen) atoms. The Morgan fingerprint density at radius 3 is 1.88 bits per heavy atom. The fraction of sp³-hybridized carbons (Fsp3) is 0.333. The maximum Gasteiger partial charge on any atom is 0.0456 e. The minimum Gasteiger partial charge on any atom is -0.361 e. The molecule has 2 aromatic carbocycles. The van der Waals surface area contributed by atoms with Crippen LogP contribution in [0.1, 0.15) is 49.4 Å². The molecule has 0 saturated carbocycles. The number of aryl methyl sites for hydroxylation is 4. The minimum absolute atomic E-state index is 1.17. The van der Waals surface area contributed by atoms with Crippen molar-refractivity contribution >= 4 is 21.8 Å². The van der Waals surface area contributed by atoms with E-state index >= 15 is 0 Å². The fourth-order valence-electron chi connectivity index (χ4n) is 3.14. The second-order valence-corrected chi connectivity index (χ2v) is 6.63. The van der Waals surface area contributed by atoms with E-state index in [9.17, 15) is 0 Å². The highest BCUT2D eigenvalue weighted by atomic mass is 14.7. The number of nitrogens with one attached hydrogen (secondary N) is 2. The van der Waals surface area contributed by atoms with Gasteiger partial charge in [0.15, 0.2) is 0 Å². The predicted molar refractivity (Wildman–Crippen MR) is 116 cm³/mol. The van der Waals surface area contributed by atoms with Gasteiger partial charge >= 0.3 is 0 Å². The van der Waals surface area contributed by atoms with Crippen LogP contribution < -0.4 is 0 Å². The molecule has 4 rings (SSSR count). The molecule has 0 spiro atoms.